The van der Waals surface area contributed by atoms with E-state index in [2.05, 4.69) is 5.32 Å². The first-order valence-electron chi connectivity index (χ1n) is 8.24. The fourth-order valence-electron chi connectivity index (χ4n) is 3.07. The fourth-order valence-corrected chi connectivity index (χ4v) is 3.34. The molecule has 1 N–H and O–H groups in total. The quantitative estimate of drug-likeness (QED) is 0.837. The van der Waals surface area contributed by atoms with E-state index in [1.54, 1.807) is 0 Å². The lowest BCUT2D eigenvalue weighted by Gasteiger charge is -2.26. The molecule has 2 aromatic rings. The van der Waals surface area contributed by atoms with Gasteiger partial charge in [-0.1, -0.05) is 29.8 Å². The number of halogens is 1. The first-order chi connectivity index (χ1) is 11.7. The van der Waals surface area contributed by atoms with Crippen molar-refractivity contribution in [3.63, 3.8) is 0 Å². The molecule has 0 saturated carbocycles. The van der Waals surface area contributed by atoms with Crippen molar-refractivity contribution in [1.29, 1.82) is 0 Å². The van der Waals surface area contributed by atoms with Crippen molar-refractivity contribution in [1.82, 2.24) is 4.90 Å². The van der Waals surface area contributed by atoms with Crippen LogP contribution in [0, 0.1) is 0 Å². The molecule has 24 heavy (non-hydrogen) atoms. The Kier molecular flexibility index (Phi) is 5.26. The maximum atomic E-state index is 12.7. The van der Waals surface area contributed by atoms with Crippen molar-refractivity contribution in [2.75, 3.05) is 18.5 Å². The van der Waals surface area contributed by atoms with Crippen LogP contribution in [0.4, 0.5) is 10.5 Å². The Morgan fingerprint density at radius 3 is 2.71 bits per heavy atom. The number of carbonyl (C=O) groups excluding carboxylic acids is 1. The number of amides is 2. The molecule has 0 bridgehead atoms. The topological polar surface area (TPSA) is 41.6 Å². The molecule has 1 aliphatic heterocycles. The van der Waals surface area contributed by atoms with Crippen LogP contribution >= 0.6 is 11.6 Å². The van der Waals surface area contributed by atoms with E-state index in [4.69, 9.17) is 16.3 Å². The molecule has 0 radical (unpaired) electrons. The third-order valence-electron chi connectivity index (χ3n) is 4.19. The van der Waals surface area contributed by atoms with Gasteiger partial charge in [0.05, 0.1) is 12.6 Å². The van der Waals surface area contributed by atoms with E-state index in [9.17, 15) is 4.79 Å². The van der Waals surface area contributed by atoms with Crippen molar-refractivity contribution in [3.05, 3.63) is 59.1 Å². The van der Waals surface area contributed by atoms with Gasteiger partial charge in [-0.2, -0.15) is 0 Å². The Morgan fingerprint density at radius 1 is 1.25 bits per heavy atom. The Bertz CT molecular complexity index is 703. The summed E-state index contributed by atoms with van der Waals surface area (Å²) in [6.07, 6.45) is 1.91. The van der Waals surface area contributed by atoms with Crippen LogP contribution in [0.1, 0.15) is 31.4 Å². The molecule has 1 aliphatic rings. The smallest absolute Gasteiger partial charge is 0.322 e. The number of rotatable bonds is 4. The maximum Gasteiger partial charge on any atom is 0.322 e. The summed E-state index contributed by atoms with van der Waals surface area (Å²) in [5.41, 5.74) is 1.77. The molecule has 0 aliphatic carbocycles. The number of anilines is 1. The monoisotopic (exact) mass is 344 g/mol. The summed E-state index contributed by atoms with van der Waals surface area (Å²) >= 11 is 6.31. The number of nitrogens with zero attached hydrogens (tertiary/aromatic N) is 1. The predicted octanol–water partition coefficient (Wildman–Crippen LogP) is 5.11. The zero-order chi connectivity index (χ0) is 16.9. The van der Waals surface area contributed by atoms with Crippen LogP contribution in [-0.2, 0) is 0 Å². The van der Waals surface area contributed by atoms with Gasteiger partial charge in [0.25, 0.3) is 0 Å². The van der Waals surface area contributed by atoms with E-state index >= 15 is 0 Å². The molecule has 2 amide bonds. The number of likely N-dealkylation sites (tertiary alicyclic amines) is 1. The largest absolute Gasteiger partial charge is 0.494 e. The Balaban J connectivity index is 1.71. The molecule has 1 heterocycles. The van der Waals surface area contributed by atoms with E-state index in [-0.39, 0.29) is 12.1 Å². The zero-order valence-electron chi connectivity index (χ0n) is 13.7. The number of nitrogens with one attached hydrogen (secondary N) is 1. The lowest BCUT2D eigenvalue weighted by molar-refractivity contribution is 0.207. The van der Waals surface area contributed by atoms with Crippen molar-refractivity contribution >= 4 is 23.3 Å². The highest BCUT2D eigenvalue weighted by Crippen LogP contribution is 2.36. The van der Waals surface area contributed by atoms with Crippen LogP contribution < -0.4 is 10.1 Å². The van der Waals surface area contributed by atoms with E-state index in [1.165, 1.54) is 0 Å². The minimum absolute atomic E-state index is 0.0291. The number of hydrogen-bond acceptors (Lipinski definition) is 2. The number of ether oxygens (including phenoxy) is 1. The van der Waals surface area contributed by atoms with Gasteiger partial charge in [0.15, 0.2) is 0 Å². The number of benzene rings is 2. The minimum Gasteiger partial charge on any atom is -0.494 e. The average Bonchev–Trinajstić information content (AvgIpc) is 3.07. The normalized spacial score (nSPS) is 16.9. The van der Waals surface area contributed by atoms with Crippen LogP contribution in [0.25, 0.3) is 0 Å². The molecule has 0 spiro atoms. The first kappa shape index (κ1) is 16.7. The summed E-state index contributed by atoms with van der Waals surface area (Å²) in [6.45, 7) is 3.30. The highest BCUT2D eigenvalue weighted by atomic mass is 35.5. The zero-order valence-corrected chi connectivity index (χ0v) is 14.4. The van der Waals surface area contributed by atoms with Gasteiger partial charge in [0.1, 0.15) is 5.75 Å². The Labute approximate surface area is 147 Å². The van der Waals surface area contributed by atoms with Crippen LogP contribution in [-0.4, -0.2) is 24.1 Å². The summed E-state index contributed by atoms with van der Waals surface area (Å²) < 4.78 is 5.42. The molecule has 0 aromatic heterocycles. The average molecular weight is 345 g/mol. The number of urea groups is 1. The Hall–Kier alpha value is -2.20. The van der Waals surface area contributed by atoms with E-state index in [0.29, 0.717) is 11.6 Å². The van der Waals surface area contributed by atoms with E-state index in [1.807, 2.05) is 60.4 Å². The molecule has 126 valence electrons. The summed E-state index contributed by atoms with van der Waals surface area (Å²) in [4.78, 5) is 14.5. The van der Waals surface area contributed by atoms with Gasteiger partial charge in [0.2, 0.25) is 0 Å². The van der Waals surface area contributed by atoms with Crippen LogP contribution in [0.3, 0.4) is 0 Å². The van der Waals surface area contributed by atoms with E-state index in [0.717, 1.165) is 36.4 Å². The van der Waals surface area contributed by atoms with Crippen molar-refractivity contribution in [3.8, 4) is 5.75 Å². The highest BCUT2D eigenvalue weighted by Gasteiger charge is 2.31. The molecule has 1 fully saturated rings. The number of hydrogen-bond donors (Lipinski definition) is 1. The molecular formula is C19H21ClN2O2. The first-order valence-corrected chi connectivity index (χ1v) is 8.61. The SMILES string of the molecule is CCOc1ccc(NC(=O)N2CCCC2c2ccccc2Cl)cc1. The van der Waals surface area contributed by atoms with Gasteiger partial charge >= 0.3 is 6.03 Å². The molecule has 5 heteroatoms. The van der Waals surface area contributed by atoms with Crippen molar-refractivity contribution in [2.24, 2.45) is 0 Å². The van der Waals surface area contributed by atoms with Crippen LogP contribution in [0.5, 0.6) is 5.75 Å². The third kappa shape index (κ3) is 3.65. The van der Waals surface area contributed by atoms with Crippen LogP contribution in [0.2, 0.25) is 5.02 Å². The molecule has 1 unspecified atom stereocenters. The second kappa shape index (κ2) is 7.58. The van der Waals surface area contributed by atoms with Gasteiger partial charge in [0, 0.05) is 17.3 Å². The second-order valence-corrected chi connectivity index (χ2v) is 6.17. The molecule has 2 aromatic carbocycles. The highest BCUT2D eigenvalue weighted by molar-refractivity contribution is 6.31. The molecule has 3 rings (SSSR count). The third-order valence-corrected chi connectivity index (χ3v) is 4.54. The van der Waals surface area contributed by atoms with Gasteiger partial charge in [-0.3, -0.25) is 0 Å². The van der Waals surface area contributed by atoms with Gasteiger partial charge < -0.3 is 15.0 Å². The molecule has 4 nitrogen and oxygen atoms in total. The summed E-state index contributed by atoms with van der Waals surface area (Å²) in [7, 11) is 0. The van der Waals surface area contributed by atoms with Crippen LogP contribution in [0.15, 0.2) is 48.5 Å². The van der Waals surface area contributed by atoms with Gasteiger partial charge in [-0.05, 0) is 55.7 Å². The summed E-state index contributed by atoms with van der Waals surface area (Å²) in [5.74, 6) is 0.797. The molecular weight excluding hydrogens is 324 g/mol. The fraction of sp³-hybridized carbons (Fsp3) is 0.316. The standard InChI is InChI=1S/C19H21ClN2O2/c1-2-24-15-11-9-14(10-12-15)21-19(23)22-13-5-8-18(22)16-6-3-4-7-17(16)20/h3-4,6-7,9-12,18H,2,5,8,13H2,1H3,(H,21,23). The maximum absolute atomic E-state index is 12.7. The predicted molar refractivity (Wildman–Crippen MR) is 96.8 cm³/mol. The molecule has 1 atom stereocenters. The second-order valence-electron chi connectivity index (χ2n) is 5.76. The van der Waals surface area contributed by atoms with Crippen molar-refractivity contribution in [2.45, 2.75) is 25.8 Å². The lowest BCUT2D eigenvalue weighted by atomic mass is 10.0. The van der Waals surface area contributed by atoms with E-state index < -0.39 is 0 Å². The minimum atomic E-state index is -0.0958. The summed E-state index contributed by atoms with van der Waals surface area (Å²) in [6, 6.07) is 15.1. The van der Waals surface area contributed by atoms with Gasteiger partial charge in [-0.15, -0.1) is 0 Å². The Morgan fingerprint density at radius 2 is 2.00 bits per heavy atom. The summed E-state index contributed by atoms with van der Waals surface area (Å²) in [5, 5.41) is 3.67. The van der Waals surface area contributed by atoms with Crippen molar-refractivity contribution < 1.29 is 9.53 Å². The van der Waals surface area contributed by atoms with Gasteiger partial charge in [-0.25, -0.2) is 4.79 Å². The molecule has 1 saturated heterocycles. The lowest BCUT2D eigenvalue weighted by Crippen LogP contribution is -2.34. The number of carbonyl (C=O) groups is 1.